The average Bonchev–Trinajstić information content (AvgIpc) is 2.98. The molecule has 1 aliphatic rings. The molecule has 1 fully saturated rings. The van der Waals surface area contributed by atoms with Gasteiger partial charge in [-0.15, -0.1) is 0 Å². The molecule has 3 rings (SSSR count). The lowest BCUT2D eigenvalue weighted by Crippen LogP contribution is -2.32. The van der Waals surface area contributed by atoms with E-state index in [0.717, 1.165) is 12.1 Å². The van der Waals surface area contributed by atoms with E-state index in [1.807, 2.05) is 57.1 Å². The number of likely N-dealkylation sites (tertiary alicyclic amines) is 1. The molecule has 1 atom stereocenters. The highest BCUT2D eigenvalue weighted by Gasteiger charge is 2.46. The molecule has 33 heavy (non-hydrogen) atoms. The number of nitrogens with zero attached hydrogens (tertiary/aromatic N) is 4. The number of hydrogen-bond acceptors (Lipinski definition) is 7. The minimum Gasteiger partial charge on any atom is -0.507 e. The highest BCUT2D eigenvalue weighted by molar-refractivity contribution is 6.46. The first kappa shape index (κ1) is 24.4. The first-order valence-electron chi connectivity index (χ1n) is 11.1. The molecule has 0 radical (unpaired) electrons. The predicted octanol–water partition coefficient (Wildman–Crippen LogP) is 3.25. The number of ether oxygens (including phenoxy) is 1. The van der Waals surface area contributed by atoms with Gasteiger partial charge in [-0.3, -0.25) is 9.59 Å². The summed E-state index contributed by atoms with van der Waals surface area (Å²) in [7, 11) is 3.92. The normalized spacial score (nSPS) is 17.9. The average molecular weight is 453 g/mol. The van der Waals surface area contributed by atoms with Gasteiger partial charge in [-0.2, -0.15) is 0 Å². The van der Waals surface area contributed by atoms with Crippen LogP contribution < -0.4 is 4.74 Å². The predicted molar refractivity (Wildman–Crippen MR) is 126 cm³/mol. The van der Waals surface area contributed by atoms with E-state index < -0.39 is 17.7 Å². The van der Waals surface area contributed by atoms with E-state index >= 15 is 0 Å². The molecule has 0 bridgehead atoms. The molecule has 0 spiro atoms. The third kappa shape index (κ3) is 5.39. The topological polar surface area (TPSA) is 95.9 Å². The quantitative estimate of drug-likeness (QED) is 0.373. The molecule has 1 aromatic heterocycles. The summed E-state index contributed by atoms with van der Waals surface area (Å²) >= 11 is 0. The van der Waals surface area contributed by atoms with Gasteiger partial charge in [0, 0.05) is 12.7 Å². The minimum atomic E-state index is -0.707. The summed E-state index contributed by atoms with van der Waals surface area (Å²) in [4.78, 5) is 38.2. The fraction of sp³-hybridized carbons (Fsp3) is 0.440. The Morgan fingerprint density at radius 1 is 1.18 bits per heavy atom. The molecule has 2 aromatic rings. The summed E-state index contributed by atoms with van der Waals surface area (Å²) in [6.45, 7) is 8.53. The Bertz CT molecular complexity index is 1060. The van der Waals surface area contributed by atoms with Crippen molar-refractivity contribution in [3.05, 3.63) is 58.7 Å². The van der Waals surface area contributed by atoms with Gasteiger partial charge >= 0.3 is 0 Å². The Morgan fingerprint density at radius 3 is 2.42 bits per heavy atom. The van der Waals surface area contributed by atoms with Crippen molar-refractivity contribution in [2.45, 2.75) is 46.3 Å². The van der Waals surface area contributed by atoms with Gasteiger partial charge in [0.25, 0.3) is 11.7 Å². The van der Waals surface area contributed by atoms with E-state index in [4.69, 9.17) is 4.74 Å². The second kappa shape index (κ2) is 10.1. The number of benzene rings is 1. The second-order valence-electron chi connectivity index (χ2n) is 8.80. The zero-order valence-corrected chi connectivity index (χ0v) is 20.1. The Balaban J connectivity index is 2.09. The maximum atomic E-state index is 13.1. The molecule has 1 aliphatic heterocycles. The van der Waals surface area contributed by atoms with Crippen molar-refractivity contribution in [2.24, 2.45) is 0 Å². The Morgan fingerprint density at radius 2 is 1.85 bits per heavy atom. The zero-order valence-electron chi connectivity index (χ0n) is 20.1. The SMILES string of the molecule is Cc1ncc(/C(O)=C2\C(=O)C(=O)N(CCCN(C)C)[C@@H]2c2ccc(OC(C)C)cc2)c(C)n1. The largest absolute Gasteiger partial charge is 0.507 e. The smallest absolute Gasteiger partial charge is 0.295 e. The first-order chi connectivity index (χ1) is 15.6. The molecule has 0 unspecified atom stereocenters. The highest BCUT2D eigenvalue weighted by Crippen LogP contribution is 2.40. The molecule has 8 heteroatoms. The molecule has 0 saturated carbocycles. The molecule has 1 aromatic carbocycles. The third-order valence-corrected chi connectivity index (χ3v) is 5.47. The van der Waals surface area contributed by atoms with Gasteiger partial charge in [0.1, 0.15) is 17.3 Å². The summed E-state index contributed by atoms with van der Waals surface area (Å²) in [5.41, 5.74) is 1.66. The van der Waals surface area contributed by atoms with Gasteiger partial charge in [0.2, 0.25) is 0 Å². The van der Waals surface area contributed by atoms with Crippen molar-refractivity contribution in [3.8, 4) is 5.75 Å². The van der Waals surface area contributed by atoms with Crippen molar-refractivity contribution in [1.29, 1.82) is 0 Å². The van der Waals surface area contributed by atoms with Crippen LogP contribution in [0.2, 0.25) is 0 Å². The van der Waals surface area contributed by atoms with E-state index in [1.54, 1.807) is 18.7 Å². The molecule has 2 heterocycles. The van der Waals surface area contributed by atoms with E-state index in [9.17, 15) is 14.7 Å². The summed E-state index contributed by atoms with van der Waals surface area (Å²) in [6.07, 6.45) is 2.21. The maximum absolute atomic E-state index is 13.1. The number of carbonyl (C=O) groups excluding carboxylic acids is 2. The summed E-state index contributed by atoms with van der Waals surface area (Å²) < 4.78 is 5.73. The van der Waals surface area contributed by atoms with Gasteiger partial charge in [-0.05, 0) is 72.5 Å². The highest BCUT2D eigenvalue weighted by atomic mass is 16.5. The molecule has 176 valence electrons. The number of aromatic nitrogens is 2. The standard InChI is InChI=1S/C25H32N4O4/c1-15(2)33-19-10-8-18(9-11-19)22-21(23(30)20-14-26-17(4)27-16(20)3)24(31)25(32)29(22)13-7-12-28(5)6/h8-11,14-15,22,30H,7,12-13H2,1-6H3/b23-21+/t22-/m1/s1. The lowest BCUT2D eigenvalue weighted by Gasteiger charge is -2.26. The van der Waals surface area contributed by atoms with Crippen LogP contribution in [-0.2, 0) is 9.59 Å². The number of aryl methyl sites for hydroxylation is 2. The van der Waals surface area contributed by atoms with Gasteiger partial charge in [0.05, 0.1) is 29.0 Å². The Labute approximate surface area is 194 Å². The number of aliphatic hydroxyl groups excluding tert-OH is 1. The van der Waals surface area contributed by atoms with Crippen LogP contribution in [0, 0.1) is 13.8 Å². The number of amides is 1. The Kier molecular flexibility index (Phi) is 7.48. The van der Waals surface area contributed by atoms with Crippen LogP contribution in [0.4, 0.5) is 0 Å². The van der Waals surface area contributed by atoms with Crippen LogP contribution >= 0.6 is 0 Å². The molecule has 0 aliphatic carbocycles. The maximum Gasteiger partial charge on any atom is 0.295 e. The van der Waals surface area contributed by atoms with Crippen LogP contribution in [0.5, 0.6) is 5.75 Å². The van der Waals surface area contributed by atoms with E-state index in [-0.39, 0.29) is 17.4 Å². The van der Waals surface area contributed by atoms with Crippen LogP contribution in [0.1, 0.15) is 49.0 Å². The van der Waals surface area contributed by atoms with Crippen LogP contribution in [-0.4, -0.2) is 69.9 Å². The molecule has 1 amide bonds. The molecule has 1 N–H and O–H groups in total. The summed E-state index contributed by atoms with van der Waals surface area (Å²) in [6, 6.07) is 6.59. The fourth-order valence-corrected chi connectivity index (χ4v) is 3.98. The van der Waals surface area contributed by atoms with Gasteiger partial charge in [-0.1, -0.05) is 12.1 Å². The summed E-state index contributed by atoms with van der Waals surface area (Å²) in [5, 5.41) is 11.2. The van der Waals surface area contributed by atoms with Crippen LogP contribution in [0.15, 0.2) is 36.0 Å². The van der Waals surface area contributed by atoms with E-state index in [1.165, 1.54) is 6.20 Å². The lowest BCUT2D eigenvalue weighted by atomic mass is 9.95. The van der Waals surface area contributed by atoms with Crippen molar-refractivity contribution >= 4 is 17.4 Å². The van der Waals surface area contributed by atoms with E-state index in [0.29, 0.717) is 35.8 Å². The number of ketones is 1. The van der Waals surface area contributed by atoms with Crippen molar-refractivity contribution < 1.29 is 19.4 Å². The Hall–Kier alpha value is -3.26. The van der Waals surface area contributed by atoms with E-state index in [2.05, 4.69) is 9.97 Å². The zero-order chi connectivity index (χ0) is 24.3. The molecular weight excluding hydrogens is 420 g/mol. The van der Waals surface area contributed by atoms with Crippen molar-refractivity contribution in [1.82, 2.24) is 19.8 Å². The molecule has 8 nitrogen and oxygen atoms in total. The first-order valence-corrected chi connectivity index (χ1v) is 11.1. The van der Waals surface area contributed by atoms with Crippen molar-refractivity contribution in [3.63, 3.8) is 0 Å². The minimum absolute atomic E-state index is 0.0250. The summed E-state index contributed by atoms with van der Waals surface area (Å²) in [5.74, 6) is -0.321. The number of rotatable bonds is 8. The van der Waals surface area contributed by atoms with Crippen molar-refractivity contribution in [2.75, 3.05) is 27.2 Å². The molecule has 1 saturated heterocycles. The van der Waals surface area contributed by atoms with Crippen LogP contribution in [0.25, 0.3) is 5.76 Å². The number of Topliss-reactive ketones (excluding diaryl/α,β-unsaturated/α-hetero) is 1. The van der Waals surface area contributed by atoms with Crippen LogP contribution in [0.3, 0.4) is 0 Å². The third-order valence-electron chi connectivity index (χ3n) is 5.47. The number of carbonyl (C=O) groups is 2. The van der Waals surface area contributed by atoms with Gasteiger partial charge in [0.15, 0.2) is 0 Å². The lowest BCUT2D eigenvalue weighted by molar-refractivity contribution is -0.139. The fourth-order valence-electron chi connectivity index (χ4n) is 3.98. The molecular formula is C25H32N4O4. The monoisotopic (exact) mass is 452 g/mol. The second-order valence-corrected chi connectivity index (χ2v) is 8.80. The van der Waals surface area contributed by atoms with Gasteiger partial charge in [-0.25, -0.2) is 9.97 Å². The number of aliphatic hydroxyl groups is 1. The number of hydrogen-bond donors (Lipinski definition) is 1. The van der Waals surface area contributed by atoms with Gasteiger partial charge < -0.3 is 19.6 Å².